The zero-order chi connectivity index (χ0) is 13.7. The monoisotopic (exact) mass is 273 g/mol. The van der Waals surface area contributed by atoms with Crippen LogP contribution in [0.25, 0.3) is 0 Å². The number of aromatic nitrogens is 2. The van der Waals surface area contributed by atoms with Crippen molar-refractivity contribution in [3.05, 3.63) is 5.01 Å². The van der Waals surface area contributed by atoms with Gasteiger partial charge in [-0.2, -0.15) is 0 Å². The van der Waals surface area contributed by atoms with Crippen molar-refractivity contribution in [1.29, 1.82) is 0 Å². The predicted octanol–water partition coefficient (Wildman–Crippen LogP) is 1.03. The second-order valence-electron chi connectivity index (χ2n) is 4.04. The van der Waals surface area contributed by atoms with Crippen LogP contribution in [0.1, 0.15) is 31.2 Å². The van der Waals surface area contributed by atoms with Gasteiger partial charge in [0.15, 0.2) is 0 Å². The summed E-state index contributed by atoms with van der Waals surface area (Å²) in [5.74, 6) is -1.79. The fourth-order valence-corrected chi connectivity index (χ4v) is 2.09. The van der Waals surface area contributed by atoms with Gasteiger partial charge in [0.05, 0.1) is 6.42 Å². The summed E-state index contributed by atoms with van der Waals surface area (Å²) in [6.07, 6.45) is -0.135. The van der Waals surface area contributed by atoms with Gasteiger partial charge < -0.3 is 15.1 Å². The van der Waals surface area contributed by atoms with Crippen molar-refractivity contribution in [2.75, 3.05) is 18.0 Å². The van der Waals surface area contributed by atoms with Crippen molar-refractivity contribution in [3.63, 3.8) is 0 Å². The van der Waals surface area contributed by atoms with Crippen LogP contribution in [0.5, 0.6) is 0 Å². The largest absolute Gasteiger partial charge is 0.481 e. The van der Waals surface area contributed by atoms with Gasteiger partial charge in [-0.05, 0) is 0 Å². The minimum absolute atomic E-state index is 0.106. The third-order valence-electron chi connectivity index (χ3n) is 2.12. The minimum atomic E-state index is -1.03. The molecule has 0 fully saturated rings. The number of rotatable bonds is 7. The first-order chi connectivity index (χ1) is 8.40. The highest BCUT2D eigenvalue weighted by atomic mass is 32.1. The fourth-order valence-electron chi connectivity index (χ4n) is 1.22. The van der Waals surface area contributed by atoms with Crippen LogP contribution in [0, 0.1) is 0 Å². The molecule has 1 rings (SSSR count). The number of carboxylic acid groups (broad SMARTS) is 2. The van der Waals surface area contributed by atoms with Crippen molar-refractivity contribution in [2.24, 2.45) is 0 Å². The quantitative estimate of drug-likeness (QED) is 0.764. The molecular weight excluding hydrogens is 258 g/mol. The zero-order valence-electron chi connectivity index (χ0n) is 10.2. The number of anilines is 1. The van der Waals surface area contributed by atoms with Gasteiger partial charge in [-0.25, -0.2) is 0 Å². The van der Waals surface area contributed by atoms with E-state index in [0.29, 0.717) is 5.13 Å². The second-order valence-corrected chi connectivity index (χ2v) is 5.02. The first kappa shape index (κ1) is 14.4. The Morgan fingerprint density at radius 3 is 2.39 bits per heavy atom. The molecule has 1 heterocycles. The van der Waals surface area contributed by atoms with E-state index in [1.165, 1.54) is 16.2 Å². The van der Waals surface area contributed by atoms with E-state index < -0.39 is 11.9 Å². The third kappa shape index (κ3) is 4.28. The SMILES string of the molecule is CC(C)c1nnc(N(CCC(=O)O)CC(=O)O)s1. The number of hydrogen-bond donors (Lipinski definition) is 2. The summed E-state index contributed by atoms with van der Waals surface area (Å²) in [5.41, 5.74) is 0. The Kier molecular flexibility index (Phi) is 5.02. The van der Waals surface area contributed by atoms with Crippen molar-refractivity contribution in [1.82, 2.24) is 10.2 Å². The summed E-state index contributed by atoms with van der Waals surface area (Å²) < 4.78 is 0. The van der Waals surface area contributed by atoms with E-state index in [4.69, 9.17) is 10.2 Å². The first-order valence-corrected chi connectivity index (χ1v) is 6.23. The maximum atomic E-state index is 10.7. The molecule has 1 aromatic rings. The lowest BCUT2D eigenvalue weighted by Gasteiger charge is -2.17. The molecule has 0 radical (unpaired) electrons. The van der Waals surface area contributed by atoms with Gasteiger partial charge in [0.2, 0.25) is 5.13 Å². The van der Waals surface area contributed by atoms with E-state index in [1.807, 2.05) is 13.8 Å². The molecule has 8 heteroatoms. The Morgan fingerprint density at radius 2 is 1.94 bits per heavy atom. The Balaban J connectivity index is 2.79. The summed E-state index contributed by atoms with van der Waals surface area (Å²) in [6, 6.07) is 0. The molecule has 0 aliphatic heterocycles. The molecule has 2 N–H and O–H groups in total. The Morgan fingerprint density at radius 1 is 1.28 bits per heavy atom. The smallest absolute Gasteiger partial charge is 0.323 e. The van der Waals surface area contributed by atoms with Crippen LogP contribution in [0.15, 0.2) is 0 Å². The van der Waals surface area contributed by atoms with Crippen LogP contribution in [0.2, 0.25) is 0 Å². The zero-order valence-corrected chi connectivity index (χ0v) is 11.0. The molecule has 1 aromatic heterocycles. The molecule has 100 valence electrons. The predicted molar refractivity (Wildman–Crippen MR) is 66.1 cm³/mol. The summed E-state index contributed by atoms with van der Waals surface area (Å²) in [7, 11) is 0. The molecule has 7 nitrogen and oxygen atoms in total. The Hall–Kier alpha value is -1.70. The minimum Gasteiger partial charge on any atom is -0.481 e. The van der Waals surface area contributed by atoms with Crippen LogP contribution < -0.4 is 4.90 Å². The first-order valence-electron chi connectivity index (χ1n) is 5.42. The highest BCUT2D eigenvalue weighted by Gasteiger charge is 2.17. The van der Waals surface area contributed by atoms with E-state index in [-0.39, 0.29) is 25.4 Å². The Labute approximate surface area is 108 Å². The van der Waals surface area contributed by atoms with Gasteiger partial charge in [-0.3, -0.25) is 9.59 Å². The molecule has 0 aromatic carbocycles. The lowest BCUT2D eigenvalue weighted by atomic mass is 10.2. The average Bonchev–Trinajstić information content (AvgIpc) is 2.72. The molecule has 0 amide bonds. The summed E-state index contributed by atoms with van der Waals surface area (Å²) in [5, 5.41) is 26.5. The molecule has 0 atom stereocenters. The molecule has 0 bridgehead atoms. The van der Waals surface area contributed by atoms with Gasteiger partial charge in [0.25, 0.3) is 0 Å². The number of nitrogens with zero attached hydrogens (tertiary/aromatic N) is 3. The molecule has 0 spiro atoms. The summed E-state index contributed by atoms with van der Waals surface area (Å²) in [6.45, 7) is 3.75. The third-order valence-corrected chi connectivity index (χ3v) is 3.40. The number of hydrogen-bond acceptors (Lipinski definition) is 6. The van der Waals surface area contributed by atoms with Gasteiger partial charge >= 0.3 is 11.9 Å². The molecule has 0 aliphatic rings. The van der Waals surface area contributed by atoms with Crippen molar-refractivity contribution >= 4 is 28.4 Å². The number of aliphatic carboxylic acids is 2. The molecule has 0 unspecified atom stereocenters. The van der Waals surface area contributed by atoms with E-state index in [0.717, 1.165) is 5.01 Å². The molecule has 0 aliphatic carbocycles. The van der Waals surface area contributed by atoms with Crippen LogP contribution in [-0.2, 0) is 9.59 Å². The second kappa shape index (κ2) is 6.29. The van der Waals surface area contributed by atoms with E-state index in [2.05, 4.69) is 10.2 Å². The standard InChI is InChI=1S/C10H15N3O4S/c1-6(2)9-11-12-10(18-9)13(5-8(16)17)4-3-7(14)15/h6H,3-5H2,1-2H3,(H,14,15)(H,16,17). The van der Waals surface area contributed by atoms with E-state index in [1.54, 1.807) is 0 Å². The topological polar surface area (TPSA) is 104 Å². The van der Waals surface area contributed by atoms with Crippen molar-refractivity contribution in [3.8, 4) is 0 Å². The van der Waals surface area contributed by atoms with E-state index in [9.17, 15) is 9.59 Å². The molecule has 0 saturated heterocycles. The normalized spacial score (nSPS) is 10.6. The van der Waals surface area contributed by atoms with Gasteiger partial charge in [0.1, 0.15) is 11.6 Å². The fraction of sp³-hybridized carbons (Fsp3) is 0.600. The summed E-state index contributed by atoms with van der Waals surface area (Å²) in [4.78, 5) is 22.7. The molecule has 0 saturated carbocycles. The summed E-state index contributed by atoms with van der Waals surface area (Å²) >= 11 is 1.29. The van der Waals surface area contributed by atoms with Gasteiger partial charge in [-0.1, -0.05) is 25.2 Å². The van der Waals surface area contributed by atoms with Gasteiger partial charge in [-0.15, -0.1) is 10.2 Å². The maximum absolute atomic E-state index is 10.7. The van der Waals surface area contributed by atoms with E-state index >= 15 is 0 Å². The molecule has 18 heavy (non-hydrogen) atoms. The lowest BCUT2D eigenvalue weighted by molar-refractivity contribution is -0.138. The molecular formula is C10H15N3O4S. The average molecular weight is 273 g/mol. The van der Waals surface area contributed by atoms with Gasteiger partial charge in [0, 0.05) is 12.5 Å². The number of carboxylic acids is 2. The number of carbonyl (C=O) groups is 2. The van der Waals surface area contributed by atoms with Crippen LogP contribution in [0.3, 0.4) is 0 Å². The van der Waals surface area contributed by atoms with Crippen molar-refractivity contribution < 1.29 is 19.8 Å². The highest BCUT2D eigenvalue weighted by molar-refractivity contribution is 7.15. The lowest BCUT2D eigenvalue weighted by Crippen LogP contribution is -2.31. The highest BCUT2D eigenvalue weighted by Crippen LogP contribution is 2.25. The van der Waals surface area contributed by atoms with Crippen LogP contribution in [0.4, 0.5) is 5.13 Å². The van der Waals surface area contributed by atoms with Crippen LogP contribution in [-0.4, -0.2) is 45.4 Å². The van der Waals surface area contributed by atoms with Crippen LogP contribution >= 0.6 is 11.3 Å². The van der Waals surface area contributed by atoms with Crippen molar-refractivity contribution in [2.45, 2.75) is 26.2 Å². The Bertz CT molecular complexity index is 433. The maximum Gasteiger partial charge on any atom is 0.323 e.